The number of H-pyrrole nitrogens is 1. The molecule has 1 aliphatic heterocycles. The van der Waals surface area contributed by atoms with E-state index < -0.39 is 0 Å². The van der Waals surface area contributed by atoms with E-state index >= 15 is 0 Å². The first-order valence-corrected chi connectivity index (χ1v) is 6.05. The molecule has 0 fully saturated rings. The van der Waals surface area contributed by atoms with E-state index in [9.17, 15) is 9.59 Å². The van der Waals surface area contributed by atoms with Gasteiger partial charge in [0.25, 0.3) is 5.91 Å². The van der Waals surface area contributed by atoms with Crippen molar-refractivity contribution in [2.75, 3.05) is 17.2 Å². The van der Waals surface area contributed by atoms with E-state index in [-0.39, 0.29) is 11.5 Å². The number of benzene rings is 1. The number of hydrogen-bond donors (Lipinski definition) is 2. The predicted octanol–water partition coefficient (Wildman–Crippen LogP) is 1.16. The molecule has 19 heavy (non-hydrogen) atoms. The number of carbonyl (C=O) groups is 1. The molecular weight excluding hydrogens is 242 g/mol. The second-order valence-electron chi connectivity index (χ2n) is 4.52. The Bertz CT molecular complexity index is 706. The number of nitrogens with two attached hydrogens (primary N) is 1. The van der Waals surface area contributed by atoms with Gasteiger partial charge in [-0.15, -0.1) is 0 Å². The van der Waals surface area contributed by atoms with Crippen molar-refractivity contribution in [3.63, 3.8) is 0 Å². The molecule has 5 heteroatoms. The number of rotatable bonds is 1. The third-order valence-electron chi connectivity index (χ3n) is 3.24. The lowest BCUT2D eigenvalue weighted by atomic mass is 10.1. The van der Waals surface area contributed by atoms with Crippen molar-refractivity contribution in [1.82, 2.24) is 4.98 Å². The van der Waals surface area contributed by atoms with Gasteiger partial charge in [0.05, 0.1) is 0 Å². The average molecular weight is 255 g/mol. The fourth-order valence-electron chi connectivity index (χ4n) is 2.35. The highest BCUT2D eigenvalue weighted by atomic mass is 16.2. The molecule has 1 aromatic heterocycles. The second kappa shape index (κ2) is 4.28. The van der Waals surface area contributed by atoms with Gasteiger partial charge in [-0.3, -0.25) is 9.59 Å². The molecule has 0 aliphatic carbocycles. The van der Waals surface area contributed by atoms with Crippen LogP contribution < -0.4 is 16.2 Å². The maximum absolute atomic E-state index is 12.4. The Morgan fingerprint density at radius 1 is 1.26 bits per heavy atom. The lowest BCUT2D eigenvalue weighted by molar-refractivity contribution is 0.0984. The Kier molecular flexibility index (Phi) is 2.59. The Morgan fingerprint density at radius 3 is 2.89 bits per heavy atom. The second-order valence-corrected chi connectivity index (χ2v) is 4.52. The summed E-state index contributed by atoms with van der Waals surface area (Å²) >= 11 is 0. The predicted molar refractivity (Wildman–Crippen MR) is 73.3 cm³/mol. The van der Waals surface area contributed by atoms with Crippen LogP contribution in [-0.2, 0) is 6.42 Å². The molecule has 5 nitrogen and oxygen atoms in total. The van der Waals surface area contributed by atoms with Gasteiger partial charge in [0.1, 0.15) is 5.69 Å². The third-order valence-corrected chi connectivity index (χ3v) is 3.24. The number of aromatic nitrogens is 1. The van der Waals surface area contributed by atoms with Gasteiger partial charge in [0.15, 0.2) is 0 Å². The zero-order valence-electron chi connectivity index (χ0n) is 10.2. The van der Waals surface area contributed by atoms with E-state index in [4.69, 9.17) is 5.73 Å². The maximum atomic E-state index is 12.4. The van der Waals surface area contributed by atoms with E-state index in [0.717, 1.165) is 17.7 Å². The fourth-order valence-corrected chi connectivity index (χ4v) is 2.35. The highest BCUT2D eigenvalue weighted by Gasteiger charge is 2.25. The zero-order chi connectivity index (χ0) is 13.4. The van der Waals surface area contributed by atoms with Crippen LogP contribution in [0.1, 0.15) is 16.1 Å². The number of hydrogen-bond acceptors (Lipinski definition) is 3. The molecule has 2 heterocycles. The SMILES string of the molecule is Nc1ccc2c(c1)CCN2C(=O)c1cccc(=O)[nH]1. The van der Waals surface area contributed by atoms with Crippen LogP contribution in [0.3, 0.4) is 0 Å². The standard InChI is InChI=1S/C14H13N3O2/c15-10-4-5-12-9(8-10)6-7-17(12)14(19)11-2-1-3-13(18)16-11/h1-5,8H,6-7,15H2,(H,16,18). The molecule has 2 aromatic rings. The number of nitrogen functional groups attached to an aromatic ring is 1. The Hall–Kier alpha value is -2.56. The lowest BCUT2D eigenvalue weighted by Crippen LogP contribution is -2.30. The number of nitrogens with one attached hydrogen (secondary N) is 1. The van der Waals surface area contributed by atoms with Crippen LogP contribution in [-0.4, -0.2) is 17.4 Å². The first-order valence-electron chi connectivity index (χ1n) is 6.05. The van der Waals surface area contributed by atoms with Crippen LogP contribution in [0.5, 0.6) is 0 Å². The summed E-state index contributed by atoms with van der Waals surface area (Å²) in [5.41, 5.74) is 8.38. The van der Waals surface area contributed by atoms with Gasteiger partial charge >= 0.3 is 0 Å². The smallest absolute Gasteiger partial charge is 0.274 e. The summed E-state index contributed by atoms with van der Waals surface area (Å²) in [4.78, 5) is 27.8. The minimum atomic E-state index is -0.275. The third kappa shape index (κ3) is 1.99. The summed E-state index contributed by atoms with van der Waals surface area (Å²) < 4.78 is 0. The Balaban J connectivity index is 1.98. The first kappa shape index (κ1) is 11.5. The molecule has 0 unspecified atom stereocenters. The minimum absolute atomic E-state index is 0.193. The van der Waals surface area contributed by atoms with Gasteiger partial charge in [-0.05, 0) is 36.2 Å². The van der Waals surface area contributed by atoms with Crippen LogP contribution in [0.15, 0.2) is 41.2 Å². The van der Waals surface area contributed by atoms with Crippen LogP contribution in [0, 0.1) is 0 Å². The number of anilines is 2. The van der Waals surface area contributed by atoms with Crippen molar-refractivity contribution in [3.05, 3.63) is 58.0 Å². The summed E-state index contributed by atoms with van der Waals surface area (Å²) in [6.45, 7) is 0.606. The highest BCUT2D eigenvalue weighted by molar-refractivity contribution is 6.06. The summed E-state index contributed by atoms with van der Waals surface area (Å²) in [5, 5.41) is 0. The molecule has 3 rings (SSSR count). The number of aromatic amines is 1. The first-order chi connectivity index (χ1) is 9.15. The highest BCUT2D eigenvalue weighted by Crippen LogP contribution is 2.30. The number of amides is 1. The van der Waals surface area contributed by atoms with Crippen molar-refractivity contribution in [2.45, 2.75) is 6.42 Å². The molecule has 1 aromatic carbocycles. The monoisotopic (exact) mass is 255 g/mol. The summed E-state index contributed by atoms with van der Waals surface area (Å²) in [6.07, 6.45) is 0.781. The zero-order valence-corrected chi connectivity index (χ0v) is 10.2. The maximum Gasteiger partial charge on any atom is 0.274 e. The van der Waals surface area contributed by atoms with E-state index in [1.165, 1.54) is 6.07 Å². The molecule has 0 radical (unpaired) electrons. The van der Waals surface area contributed by atoms with E-state index in [2.05, 4.69) is 4.98 Å². The van der Waals surface area contributed by atoms with Gasteiger partial charge < -0.3 is 15.6 Å². The molecular formula is C14H13N3O2. The molecule has 0 atom stereocenters. The molecule has 0 saturated heterocycles. The van der Waals surface area contributed by atoms with Crippen LogP contribution in [0.2, 0.25) is 0 Å². The van der Waals surface area contributed by atoms with Crippen LogP contribution >= 0.6 is 0 Å². The van der Waals surface area contributed by atoms with Gasteiger partial charge in [-0.2, -0.15) is 0 Å². The van der Waals surface area contributed by atoms with Crippen LogP contribution in [0.25, 0.3) is 0 Å². The van der Waals surface area contributed by atoms with Gasteiger partial charge in [0.2, 0.25) is 5.56 Å². The molecule has 0 bridgehead atoms. The molecule has 3 N–H and O–H groups in total. The number of nitrogens with zero attached hydrogens (tertiary/aromatic N) is 1. The molecule has 96 valence electrons. The van der Waals surface area contributed by atoms with Crippen LogP contribution in [0.4, 0.5) is 11.4 Å². The number of pyridine rings is 1. The normalized spacial score (nSPS) is 13.4. The Morgan fingerprint density at radius 2 is 2.11 bits per heavy atom. The average Bonchev–Trinajstić information content (AvgIpc) is 2.80. The van der Waals surface area contributed by atoms with E-state index in [1.54, 1.807) is 23.1 Å². The van der Waals surface area contributed by atoms with Crippen molar-refractivity contribution >= 4 is 17.3 Å². The van der Waals surface area contributed by atoms with E-state index in [0.29, 0.717) is 17.9 Å². The van der Waals surface area contributed by atoms with Crippen molar-refractivity contribution < 1.29 is 4.79 Å². The summed E-state index contributed by atoms with van der Waals surface area (Å²) in [6, 6.07) is 10.1. The number of fused-ring (bicyclic) bond motifs is 1. The largest absolute Gasteiger partial charge is 0.399 e. The fraction of sp³-hybridized carbons (Fsp3) is 0.143. The van der Waals surface area contributed by atoms with Crippen molar-refractivity contribution in [1.29, 1.82) is 0 Å². The van der Waals surface area contributed by atoms with Gasteiger partial charge in [0, 0.05) is 24.0 Å². The number of carbonyl (C=O) groups excluding carboxylic acids is 1. The Labute approximate surface area is 109 Å². The van der Waals surface area contributed by atoms with Gasteiger partial charge in [-0.25, -0.2) is 0 Å². The van der Waals surface area contributed by atoms with E-state index in [1.807, 2.05) is 12.1 Å². The quantitative estimate of drug-likeness (QED) is 0.750. The summed E-state index contributed by atoms with van der Waals surface area (Å²) in [7, 11) is 0. The molecule has 0 spiro atoms. The topological polar surface area (TPSA) is 79.2 Å². The molecule has 1 aliphatic rings. The minimum Gasteiger partial charge on any atom is -0.399 e. The molecule has 0 saturated carbocycles. The van der Waals surface area contributed by atoms with Crippen molar-refractivity contribution in [3.8, 4) is 0 Å². The lowest BCUT2D eigenvalue weighted by Gasteiger charge is -2.17. The molecule has 1 amide bonds. The summed E-state index contributed by atoms with van der Waals surface area (Å²) in [5.74, 6) is -0.193. The van der Waals surface area contributed by atoms with Crippen molar-refractivity contribution in [2.24, 2.45) is 0 Å². The van der Waals surface area contributed by atoms with Gasteiger partial charge in [-0.1, -0.05) is 6.07 Å².